The molecule has 0 N–H and O–H groups in total. The molecule has 1 saturated carbocycles. The van der Waals surface area contributed by atoms with Gasteiger partial charge in [-0.05, 0) is 93.3 Å². The number of hydrogen-bond acceptors (Lipinski definition) is 7. The summed E-state index contributed by atoms with van der Waals surface area (Å²) >= 11 is 0. The standard InChI is InChI=1S/C35H32O7/c1-4-39-34(37)25-10-6-23(7-11-25)31-16-14-29(41-31)20-27-18-22(3)19-28(33(27)36)21-30-15-17-32(42-30)24-8-12-26(13-9-24)35(38)40-5-2/h6-17,20-22H,4-5,18-19H2,1-3H3. The third-order valence-electron chi connectivity index (χ3n) is 6.97. The fourth-order valence-corrected chi connectivity index (χ4v) is 4.95. The second kappa shape index (κ2) is 12.7. The van der Waals surface area contributed by atoms with Crippen molar-refractivity contribution >= 4 is 29.9 Å². The highest BCUT2D eigenvalue weighted by Gasteiger charge is 2.26. The van der Waals surface area contributed by atoms with Crippen molar-refractivity contribution < 1.29 is 32.7 Å². The molecule has 7 heteroatoms. The lowest BCUT2D eigenvalue weighted by atomic mass is 9.81. The predicted molar refractivity (Wildman–Crippen MR) is 160 cm³/mol. The van der Waals surface area contributed by atoms with Crippen LogP contribution in [0.15, 0.2) is 92.8 Å². The summed E-state index contributed by atoms with van der Waals surface area (Å²) in [5, 5.41) is 0. The summed E-state index contributed by atoms with van der Waals surface area (Å²) in [4.78, 5) is 37.3. The molecule has 0 saturated heterocycles. The van der Waals surface area contributed by atoms with Crippen molar-refractivity contribution in [3.63, 3.8) is 0 Å². The fourth-order valence-electron chi connectivity index (χ4n) is 4.95. The van der Waals surface area contributed by atoms with Crippen molar-refractivity contribution in [2.75, 3.05) is 13.2 Å². The first-order valence-corrected chi connectivity index (χ1v) is 14.0. The molecule has 0 bridgehead atoms. The zero-order valence-electron chi connectivity index (χ0n) is 23.8. The van der Waals surface area contributed by atoms with Crippen molar-refractivity contribution in [3.8, 4) is 22.6 Å². The Morgan fingerprint density at radius 3 is 1.48 bits per heavy atom. The maximum absolute atomic E-state index is 13.4. The molecular formula is C35H32O7. The van der Waals surface area contributed by atoms with Crippen LogP contribution in [0.3, 0.4) is 0 Å². The molecule has 0 spiro atoms. The third-order valence-corrected chi connectivity index (χ3v) is 6.97. The van der Waals surface area contributed by atoms with Gasteiger partial charge in [0.25, 0.3) is 0 Å². The Morgan fingerprint density at radius 1 is 0.690 bits per heavy atom. The molecule has 0 radical (unpaired) electrons. The molecule has 1 fully saturated rings. The molecule has 214 valence electrons. The Hall–Kier alpha value is -4.91. The molecule has 0 unspecified atom stereocenters. The van der Waals surface area contributed by atoms with Crippen molar-refractivity contribution in [3.05, 3.63) is 107 Å². The minimum atomic E-state index is -0.363. The van der Waals surface area contributed by atoms with Crippen LogP contribution in [0.2, 0.25) is 0 Å². The van der Waals surface area contributed by atoms with Crippen molar-refractivity contribution in [1.82, 2.24) is 0 Å². The first kappa shape index (κ1) is 28.6. The highest BCUT2D eigenvalue weighted by atomic mass is 16.5. The lowest BCUT2D eigenvalue weighted by molar-refractivity contribution is -0.113. The maximum Gasteiger partial charge on any atom is 0.338 e. The Balaban J connectivity index is 1.31. The van der Waals surface area contributed by atoms with E-state index >= 15 is 0 Å². The van der Waals surface area contributed by atoms with Crippen molar-refractivity contribution in [2.45, 2.75) is 33.6 Å². The number of carbonyl (C=O) groups is 3. The van der Waals surface area contributed by atoms with Gasteiger partial charge in [0.15, 0.2) is 5.78 Å². The molecular weight excluding hydrogens is 532 g/mol. The van der Waals surface area contributed by atoms with Gasteiger partial charge >= 0.3 is 11.9 Å². The summed E-state index contributed by atoms with van der Waals surface area (Å²) in [7, 11) is 0. The largest absolute Gasteiger partial charge is 0.462 e. The van der Waals surface area contributed by atoms with Gasteiger partial charge in [0.1, 0.15) is 23.0 Å². The van der Waals surface area contributed by atoms with Crippen LogP contribution in [0.25, 0.3) is 34.8 Å². The topological polar surface area (TPSA) is 96.0 Å². The van der Waals surface area contributed by atoms with Crippen LogP contribution in [-0.2, 0) is 14.3 Å². The summed E-state index contributed by atoms with van der Waals surface area (Å²) in [6.45, 7) is 6.30. The van der Waals surface area contributed by atoms with Crippen LogP contribution in [-0.4, -0.2) is 30.9 Å². The number of hydrogen-bond donors (Lipinski definition) is 0. The second-order valence-electron chi connectivity index (χ2n) is 10.2. The van der Waals surface area contributed by atoms with Gasteiger partial charge in [-0.2, -0.15) is 0 Å². The molecule has 42 heavy (non-hydrogen) atoms. The number of esters is 2. The van der Waals surface area contributed by atoms with E-state index in [-0.39, 0.29) is 23.6 Å². The number of Topliss-reactive ketones (excluding diaryl/α,β-unsaturated/α-hetero) is 1. The number of ether oxygens (including phenoxy) is 2. The predicted octanol–water partition coefficient (Wildman–Crippen LogP) is 8.03. The van der Waals surface area contributed by atoms with E-state index in [9.17, 15) is 14.4 Å². The van der Waals surface area contributed by atoms with Gasteiger partial charge in [-0.3, -0.25) is 4.79 Å². The molecule has 2 aromatic heterocycles. The van der Waals surface area contributed by atoms with E-state index in [0.29, 0.717) is 71.4 Å². The first-order chi connectivity index (χ1) is 20.3. The molecule has 5 rings (SSSR count). The van der Waals surface area contributed by atoms with Gasteiger partial charge in [-0.1, -0.05) is 31.2 Å². The van der Waals surface area contributed by atoms with Crippen LogP contribution >= 0.6 is 0 Å². The zero-order chi connectivity index (χ0) is 29.6. The van der Waals surface area contributed by atoms with E-state index in [1.807, 2.05) is 48.5 Å². The molecule has 0 amide bonds. The number of benzene rings is 2. The van der Waals surface area contributed by atoms with Crippen LogP contribution in [0, 0.1) is 5.92 Å². The summed E-state index contributed by atoms with van der Waals surface area (Å²) in [5.41, 5.74) is 3.96. The van der Waals surface area contributed by atoms with Gasteiger partial charge in [-0.25, -0.2) is 9.59 Å². The van der Waals surface area contributed by atoms with Gasteiger partial charge in [0.2, 0.25) is 0 Å². The third kappa shape index (κ3) is 6.52. The number of ketones is 1. The minimum absolute atomic E-state index is 0.0263. The molecule has 2 heterocycles. The molecule has 1 aliphatic carbocycles. The fraction of sp³-hybridized carbons (Fsp3) is 0.229. The van der Waals surface area contributed by atoms with E-state index in [0.717, 1.165) is 11.1 Å². The molecule has 2 aromatic carbocycles. The molecule has 0 aliphatic heterocycles. The molecule has 7 nitrogen and oxygen atoms in total. The van der Waals surface area contributed by atoms with E-state index in [1.54, 1.807) is 50.3 Å². The van der Waals surface area contributed by atoms with Gasteiger partial charge in [0.05, 0.1) is 24.3 Å². The lowest BCUT2D eigenvalue weighted by Gasteiger charge is -2.22. The molecule has 1 aliphatic rings. The monoisotopic (exact) mass is 564 g/mol. The quantitative estimate of drug-likeness (QED) is 0.158. The number of rotatable bonds is 8. The van der Waals surface area contributed by atoms with E-state index in [2.05, 4.69) is 6.92 Å². The highest BCUT2D eigenvalue weighted by Crippen LogP contribution is 2.34. The van der Waals surface area contributed by atoms with Crippen LogP contribution in [0.4, 0.5) is 0 Å². The SMILES string of the molecule is CCOC(=O)c1ccc(-c2ccc(C=C3CC(C)CC(=Cc4ccc(-c5ccc(C(=O)OCC)cc5)o4)C3=O)o2)cc1. The van der Waals surface area contributed by atoms with E-state index in [4.69, 9.17) is 18.3 Å². The zero-order valence-corrected chi connectivity index (χ0v) is 23.8. The van der Waals surface area contributed by atoms with Gasteiger partial charge in [-0.15, -0.1) is 0 Å². The van der Waals surface area contributed by atoms with Crippen molar-refractivity contribution in [1.29, 1.82) is 0 Å². The normalized spacial score (nSPS) is 17.0. The van der Waals surface area contributed by atoms with Crippen molar-refractivity contribution in [2.24, 2.45) is 5.92 Å². The Kier molecular flexibility index (Phi) is 8.67. The summed E-state index contributed by atoms with van der Waals surface area (Å²) in [6, 6.07) is 21.4. The van der Waals surface area contributed by atoms with Gasteiger partial charge in [0, 0.05) is 22.3 Å². The van der Waals surface area contributed by atoms with Crippen LogP contribution in [0.1, 0.15) is 65.8 Å². The average Bonchev–Trinajstić information content (AvgIpc) is 3.66. The van der Waals surface area contributed by atoms with Crippen LogP contribution in [0.5, 0.6) is 0 Å². The van der Waals surface area contributed by atoms with E-state index in [1.165, 1.54) is 0 Å². The lowest BCUT2D eigenvalue weighted by Crippen LogP contribution is -2.18. The molecule has 4 aromatic rings. The smallest absolute Gasteiger partial charge is 0.338 e. The number of carbonyl (C=O) groups excluding carboxylic acids is 3. The minimum Gasteiger partial charge on any atom is -0.462 e. The second-order valence-corrected chi connectivity index (χ2v) is 10.2. The van der Waals surface area contributed by atoms with Crippen LogP contribution < -0.4 is 0 Å². The number of allylic oxidation sites excluding steroid dienone is 2. The number of furan rings is 2. The maximum atomic E-state index is 13.4. The van der Waals surface area contributed by atoms with E-state index < -0.39 is 0 Å². The summed E-state index contributed by atoms with van der Waals surface area (Å²) in [6.07, 6.45) is 4.91. The first-order valence-electron chi connectivity index (χ1n) is 14.0. The van der Waals surface area contributed by atoms with Gasteiger partial charge < -0.3 is 18.3 Å². The Labute approximate surface area is 244 Å². The Bertz CT molecular complexity index is 1520. The average molecular weight is 565 g/mol. The summed E-state index contributed by atoms with van der Waals surface area (Å²) in [5.74, 6) is 1.98. The molecule has 0 atom stereocenters. The Morgan fingerprint density at radius 2 is 1.10 bits per heavy atom. The highest BCUT2D eigenvalue weighted by molar-refractivity contribution is 6.13. The summed E-state index contributed by atoms with van der Waals surface area (Å²) < 4.78 is 22.1.